The second kappa shape index (κ2) is 9.49. The van der Waals surface area contributed by atoms with Crippen LogP contribution in [0.15, 0.2) is 39.7 Å². The van der Waals surface area contributed by atoms with Gasteiger partial charge in [-0.15, -0.1) is 0 Å². The van der Waals surface area contributed by atoms with Crippen LogP contribution in [0, 0.1) is 10.1 Å². The Hall–Kier alpha value is -3.27. The van der Waals surface area contributed by atoms with Gasteiger partial charge in [-0.05, 0) is 43.5 Å². The highest BCUT2D eigenvalue weighted by atomic mass is 32.1. The number of aromatic nitrogens is 1. The molecule has 158 valence electrons. The number of hydrogen-bond acceptors (Lipinski definition) is 7. The standard InChI is InChI=1S/C20H21N3O6S/c1-3-5-6-13-7-8-14-16(11-13)30-20(22(14)12-18(24)28-4-2)21-19(25)15-9-10-17(29-15)23(26)27/h7-11H,3-6,12H2,1-2H3. The molecule has 3 aromatic rings. The van der Waals surface area contributed by atoms with E-state index in [4.69, 9.17) is 9.15 Å². The number of ether oxygens (including phenoxy) is 1. The van der Waals surface area contributed by atoms with E-state index in [1.54, 1.807) is 11.5 Å². The number of nitro groups is 1. The van der Waals surface area contributed by atoms with Crippen molar-refractivity contribution in [1.29, 1.82) is 0 Å². The maximum atomic E-state index is 12.5. The molecule has 1 aromatic carbocycles. The van der Waals surface area contributed by atoms with Gasteiger partial charge in [-0.25, -0.2) is 0 Å². The predicted molar refractivity (Wildman–Crippen MR) is 110 cm³/mol. The second-order valence-electron chi connectivity index (χ2n) is 6.49. The molecule has 1 amide bonds. The Morgan fingerprint density at radius 3 is 2.73 bits per heavy atom. The van der Waals surface area contributed by atoms with Crippen LogP contribution in [0.25, 0.3) is 10.2 Å². The molecular weight excluding hydrogens is 410 g/mol. The third kappa shape index (κ3) is 4.82. The number of carbonyl (C=O) groups is 2. The van der Waals surface area contributed by atoms with E-state index in [-0.39, 0.29) is 23.7 Å². The van der Waals surface area contributed by atoms with E-state index >= 15 is 0 Å². The highest BCUT2D eigenvalue weighted by molar-refractivity contribution is 7.16. The number of fused-ring (bicyclic) bond motifs is 1. The molecule has 9 nitrogen and oxygen atoms in total. The molecule has 3 rings (SSSR count). The molecule has 0 radical (unpaired) electrons. The number of amides is 1. The van der Waals surface area contributed by atoms with Gasteiger partial charge in [0.25, 0.3) is 0 Å². The van der Waals surface area contributed by atoms with Crippen LogP contribution < -0.4 is 4.80 Å². The number of thiazole rings is 1. The number of hydrogen-bond donors (Lipinski definition) is 0. The monoisotopic (exact) mass is 431 g/mol. The highest BCUT2D eigenvalue weighted by Gasteiger charge is 2.18. The lowest BCUT2D eigenvalue weighted by Gasteiger charge is -2.06. The van der Waals surface area contributed by atoms with Gasteiger partial charge in [-0.3, -0.25) is 19.7 Å². The first-order valence-electron chi connectivity index (χ1n) is 9.54. The van der Waals surface area contributed by atoms with Gasteiger partial charge < -0.3 is 13.7 Å². The molecular formula is C20H21N3O6S. The summed E-state index contributed by atoms with van der Waals surface area (Å²) in [6.07, 6.45) is 3.08. The maximum absolute atomic E-state index is 12.5. The molecule has 0 saturated carbocycles. The first-order valence-corrected chi connectivity index (χ1v) is 10.4. The van der Waals surface area contributed by atoms with Gasteiger partial charge in [0.2, 0.25) is 5.76 Å². The molecule has 0 N–H and O–H groups in total. The summed E-state index contributed by atoms with van der Waals surface area (Å²) in [5.74, 6) is -2.00. The Balaban J connectivity index is 2.05. The van der Waals surface area contributed by atoms with Crippen LogP contribution in [-0.2, 0) is 22.5 Å². The third-order valence-electron chi connectivity index (χ3n) is 4.34. The lowest BCUT2D eigenvalue weighted by atomic mass is 10.1. The van der Waals surface area contributed by atoms with E-state index in [2.05, 4.69) is 11.9 Å². The topological polar surface area (TPSA) is 117 Å². The third-order valence-corrected chi connectivity index (χ3v) is 5.38. The number of nitrogens with zero attached hydrogens (tertiary/aromatic N) is 3. The van der Waals surface area contributed by atoms with Crippen LogP contribution in [0.5, 0.6) is 0 Å². The van der Waals surface area contributed by atoms with Crippen molar-refractivity contribution in [3.05, 3.63) is 56.6 Å². The summed E-state index contributed by atoms with van der Waals surface area (Å²) < 4.78 is 12.5. The lowest BCUT2D eigenvalue weighted by molar-refractivity contribution is -0.402. The lowest BCUT2D eigenvalue weighted by Crippen LogP contribution is -2.23. The summed E-state index contributed by atoms with van der Waals surface area (Å²) in [6, 6.07) is 8.22. The molecule has 0 unspecified atom stereocenters. The quantitative estimate of drug-likeness (QED) is 0.304. The van der Waals surface area contributed by atoms with Crippen LogP contribution in [0.3, 0.4) is 0 Å². The highest BCUT2D eigenvalue weighted by Crippen LogP contribution is 2.21. The van der Waals surface area contributed by atoms with Crippen LogP contribution >= 0.6 is 11.3 Å². The summed E-state index contributed by atoms with van der Waals surface area (Å²) in [6.45, 7) is 3.97. The normalized spacial score (nSPS) is 11.7. The summed E-state index contributed by atoms with van der Waals surface area (Å²) in [4.78, 5) is 39.0. The number of esters is 1. The number of carbonyl (C=O) groups excluding carboxylic acids is 2. The Morgan fingerprint density at radius 1 is 1.27 bits per heavy atom. The molecule has 10 heteroatoms. The summed E-state index contributed by atoms with van der Waals surface area (Å²) in [7, 11) is 0. The van der Waals surface area contributed by atoms with Crippen LogP contribution in [0.1, 0.15) is 42.8 Å². The van der Waals surface area contributed by atoms with Gasteiger partial charge in [-0.2, -0.15) is 4.99 Å². The fraction of sp³-hybridized carbons (Fsp3) is 0.350. The molecule has 0 atom stereocenters. The number of aryl methyl sites for hydroxylation is 1. The van der Waals surface area contributed by atoms with Gasteiger partial charge in [0.05, 0.1) is 22.9 Å². The molecule has 0 fully saturated rings. The predicted octanol–water partition coefficient (Wildman–Crippen LogP) is 3.85. The first kappa shape index (κ1) is 21.4. The van der Waals surface area contributed by atoms with Gasteiger partial charge in [0.1, 0.15) is 11.5 Å². The Morgan fingerprint density at radius 2 is 2.07 bits per heavy atom. The minimum Gasteiger partial charge on any atom is -0.465 e. The summed E-state index contributed by atoms with van der Waals surface area (Å²) in [5.41, 5.74) is 1.92. The van der Waals surface area contributed by atoms with E-state index in [0.717, 1.165) is 41.1 Å². The van der Waals surface area contributed by atoms with Crippen molar-refractivity contribution in [1.82, 2.24) is 4.57 Å². The van der Waals surface area contributed by atoms with E-state index in [9.17, 15) is 19.7 Å². The molecule has 0 aliphatic carbocycles. The molecule has 2 aromatic heterocycles. The summed E-state index contributed by atoms with van der Waals surface area (Å²) >= 11 is 1.26. The SMILES string of the molecule is CCCCc1ccc2c(c1)sc(=NC(=O)c1ccc([N+](=O)[O-])o1)n2CC(=O)OCC. The zero-order valence-electron chi connectivity index (χ0n) is 16.6. The minimum atomic E-state index is -0.765. The largest absolute Gasteiger partial charge is 0.465 e. The summed E-state index contributed by atoms with van der Waals surface area (Å²) in [5, 5.41) is 10.8. The zero-order chi connectivity index (χ0) is 21.7. The van der Waals surface area contributed by atoms with Crippen molar-refractivity contribution in [3.8, 4) is 0 Å². The van der Waals surface area contributed by atoms with Crippen molar-refractivity contribution in [2.45, 2.75) is 39.7 Å². The van der Waals surface area contributed by atoms with Crippen molar-refractivity contribution in [2.24, 2.45) is 4.99 Å². The Bertz CT molecular complexity index is 1160. The Labute approximate surface area is 175 Å². The maximum Gasteiger partial charge on any atom is 0.433 e. The molecule has 2 heterocycles. The molecule has 0 saturated heterocycles. The zero-order valence-corrected chi connectivity index (χ0v) is 17.4. The smallest absolute Gasteiger partial charge is 0.433 e. The fourth-order valence-electron chi connectivity index (χ4n) is 2.91. The fourth-order valence-corrected chi connectivity index (χ4v) is 4.00. The second-order valence-corrected chi connectivity index (χ2v) is 7.50. The van der Waals surface area contributed by atoms with E-state index < -0.39 is 22.7 Å². The van der Waals surface area contributed by atoms with Crippen LogP contribution in [-0.4, -0.2) is 28.0 Å². The average molecular weight is 431 g/mol. The van der Waals surface area contributed by atoms with Crippen molar-refractivity contribution in [3.63, 3.8) is 0 Å². The number of benzene rings is 1. The number of unbranched alkanes of at least 4 members (excludes halogenated alkanes) is 1. The van der Waals surface area contributed by atoms with Gasteiger partial charge >= 0.3 is 17.8 Å². The molecule has 0 spiro atoms. The Kier molecular flexibility index (Phi) is 6.78. The van der Waals surface area contributed by atoms with Gasteiger partial charge in [-0.1, -0.05) is 30.7 Å². The average Bonchev–Trinajstić information content (AvgIpc) is 3.32. The molecule has 0 aliphatic heterocycles. The van der Waals surface area contributed by atoms with Crippen LogP contribution in [0.2, 0.25) is 0 Å². The number of furan rings is 1. The minimum absolute atomic E-state index is 0.105. The molecule has 0 bridgehead atoms. The van der Waals surface area contributed by atoms with Gasteiger partial charge in [0, 0.05) is 0 Å². The van der Waals surface area contributed by atoms with E-state index in [1.165, 1.54) is 17.4 Å². The van der Waals surface area contributed by atoms with Gasteiger partial charge in [0.15, 0.2) is 4.80 Å². The number of rotatable bonds is 8. The van der Waals surface area contributed by atoms with Crippen molar-refractivity contribution in [2.75, 3.05) is 6.61 Å². The molecule has 0 aliphatic rings. The first-order chi connectivity index (χ1) is 14.4. The molecule has 30 heavy (non-hydrogen) atoms. The van der Waals surface area contributed by atoms with Crippen molar-refractivity contribution < 1.29 is 23.7 Å². The van der Waals surface area contributed by atoms with E-state index in [0.29, 0.717) is 0 Å². The van der Waals surface area contributed by atoms with Crippen LogP contribution in [0.4, 0.5) is 5.88 Å². The van der Waals surface area contributed by atoms with Crippen molar-refractivity contribution >= 4 is 39.3 Å². The van der Waals surface area contributed by atoms with E-state index in [1.807, 2.05) is 18.2 Å².